The predicted octanol–water partition coefficient (Wildman–Crippen LogP) is 2.00. The maximum atomic E-state index is 12.5. The Morgan fingerprint density at radius 3 is 2.00 bits per heavy atom. The summed E-state index contributed by atoms with van der Waals surface area (Å²) < 4.78 is 27.6. The number of aryl methyl sites for hydroxylation is 3. The fourth-order valence-corrected chi connectivity index (χ4v) is 4.29. The van der Waals surface area contributed by atoms with E-state index in [4.69, 9.17) is 5.73 Å². The fourth-order valence-electron chi connectivity index (χ4n) is 2.76. The Labute approximate surface area is 141 Å². The van der Waals surface area contributed by atoms with E-state index >= 15 is 0 Å². The number of hydrogen-bond donors (Lipinski definition) is 3. The Balaban J connectivity index is 2.37. The summed E-state index contributed by atoms with van der Waals surface area (Å²) in [6.45, 7) is 8.77. The van der Waals surface area contributed by atoms with Crippen LogP contribution in [0.1, 0.15) is 42.4 Å². The van der Waals surface area contributed by atoms with Crippen LogP contribution in [0, 0.1) is 20.8 Å². The van der Waals surface area contributed by atoms with Crippen LogP contribution in [0.2, 0.25) is 0 Å². The summed E-state index contributed by atoms with van der Waals surface area (Å²) in [6, 6.07) is 3.82. The molecule has 0 aliphatic heterocycles. The molecule has 132 valence electrons. The molecule has 1 rings (SSSR count). The number of unbranched alkanes of at least 4 members (excludes halogenated alkanes) is 2. The van der Waals surface area contributed by atoms with Gasteiger partial charge in [0.15, 0.2) is 0 Å². The second kappa shape index (κ2) is 10.0. The first-order valence-electron chi connectivity index (χ1n) is 8.37. The quantitative estimate of drug-likeness (QED) is 0.538. The van der Waals surface area contributed by atoms with Crippen molar-refractivity contribution in [2.24, 2.45) is 5.73 Å². The SMILES string of the molecule is Cc1cc(C)c(S(=O)(=O)NCCCCNCCCCN)c(C)c1. The molecule has 23 heavy (non-hydrogen) atoms. The highest BCUT2D eigenvalue weighted by atomic mass is 32.2. The zero-order chi connectivity index (χ0) is 17.3. The molecule has 0 saturated heterocycles. The highest BCUT2D eigenvalue weighted by Gasteiger charge is 2.18. The number of hydrogen-bond acceptors (Lipinski definition) is 4. The maximum absolute atomic E-state index is 12.5. The van der Waals surface area contributed by atoms with Crippen molar-refractivity contribution in [2.45, 2.75) is 51.3 Å². The van der Waals surface area contributed by atoms with Gasteiger partial charge < -0.3 is 11.1 Å². The first kappa shape index (κ1) is 20.1. The molecular formula is C17H31N3O2S. The zero-order valence-electron chi connectivity index (χ0n) is 14.6. The van der Waals surface area contributed by atoms with Gasteiger partial charge in [0, 0.05) is 6.54 Å². The lowest BCUT2D eigenvalue weighted by molar-refractivity contribution is 0.565. The summed E-state index contributed by atoms with van der Waals surface area (Å²) in [5.41, 5.74) is 8.12. The van der Waals surface area contributed by atoms with Crippen LogP contribution in [0.25, 0.3) is 0 Å². The molecule has 4 N–H and O–H groups in total. The zero-order valence-corrected chi connectivity index (χ0v) is 15.4. The summed E-state index contributed by atoms with van der Waals surface area (Å²) in [7, 11) is -3.43. The topological polar surface area (TPSA) is 84.2 Å². The third-order valence-corrected chi connectivity index (χ3v) is 5.52. The lowest BCUT2D eigenvalue weighted by Gasteiger charge is -2.13. The van der Waals surface area contributed by atoms with Crippen molar-refractivity contribution in [2.75, 3.05) is 26.2 Å². The van der Waals surface area contributed by atoms with Gasteiger partial charge in [-0.2, -0.15) is 0 Å². The van der Waals surface area contributed by atoms with E-state index in [1.165, 1.54) is 0 Å². The van der Waals surface area contributed by atoms with Gasteiger partial charge in [-0.1, -0.05) is 17.7 Å². The lowest BCUT2D eigenvalue weighted by atomic mass is 10.1. The van der Waals surface area contributed by atoms with Crippen LogP contribution in [0.4, 0.5) is 0 Å². The minimum absolute atomic E-state index is 0.419. The Morgan fingerprint density at radius 1 is 0.913 bits per heavy atom. The third kappa shape index (κ3) is 6.99. The van der Waals surface area contributed by atoms with Gasteiger partial charge in [0.25, 0.3) is 0 Å². The molecule has 0 fully saturated rings. The van der Waals surface area contributed by atoms with Crippen molar-refractivity contribution in [3.8, 4) is 0 Å². The molecule has 0 aromatic heterocycles. The highest BCUT2D eigenvalue weighted by molar-refractivity contribution is 7.89. The van der Waals surface area contributed by atoms with Crippen molar-refractivity contribution in [3.63, 3.8) is 0 Å². The van der Waals surface area contributed by atoms with Gasteiger partial charge >= 0.3 is 0 Å². The Hall–Kier alpha value is -0.950. The highest BCUT2D eigenvalue weighted by Crippen LogP contribution is 2.21. The first-order valence-corrected chi connectivity index (χ1v) is 9.85. The molecule has 0 spiro atoms. The van der Waals surface area contributed by atoms with Crippen LogP contribution >= 0.6 is 0 Å². The second-order valence-electron chi connectivity index (χ2n) is 6.08. The van der Waals surface area contributed by atoms with Crippen LogP contribution < -0.4 is 15.8 Å². The van der Waals surface area contributed by atoms with Crippen LogP contribution in [-0.2, 0) is 10.0 Å². The van der Waals surface area contributed by atoms with Crippen LogP contribution in [-0.4, -0.2) is 34.6 Å². The van der Waals surface area contributed by atoms with Crippen LogP contribution in [0.5, 0.6) is 0 Å². The summed E-state index contributed by atoms with van der Waals surface area (Å²) in [5.74, 6) is 0. The average molecular weight is 342 g/mol. The van der Waals surface area contributed by atoms with Gasteiger partial charge in [0.05, 0.1) is 4.90 Å². The fraction of sp³-hybridized carbons (Fsp3) is 0.647. The van der Waals surface area contributed by atoms with Crippen molar-refractivity contribution < 1.29 is 8.42 Å². The molecule has 0 aliphatic carbocycles. The molecule has 6 heteroatoms. The molecule has 0 bridgehead atoms. The standard InChI is InChI=1S/C17H31N3O2S/c1-14-12-15(2)17(16(3)13-14)23(21,22)20-11-7-6-10-19-9-5-4-8-18/h12-13,19-20H,4-11,18H2,1-3H3. The molecule has 0 saturated carbocycles. The molecule has 0 amide bonds. The average Bonchev–Trinajstić information content (AvgIpc) is 2.44. The van der Waals surface area contributed by atoms with E-state index in [-0.39, 0.29) is 0 Å². The minimum Gasteiger partial charge on any atom is -0.330 e. The lowest BCUT2D eigenvalue weighted by Crippen LogP contribution is -2.27. The molecule has 0 heterocycles. The van der Waals surface area contributed by atoms with E-state index in [0.29, 0.717) is 11.4 Å². The van der Waals surface area contributed by atoms with Gasteiger partial charge in [0.1, 0.15) is 0 Å². The normalized spacial score (nSPS) is 11.8. The molecular weight excluding hydrogens is 310 g/mol. The molecule has 5 nitrogen and oxygen atoms in total. The monoisotopic (exact) mass is 341 g/mol. The summed E-state index contributed by atoms with van der Waals surface area (Å²) in [5, 5.41) is 3.34. The van der Waals surface area contributed by atoms with Crippen molar-refractivity contribution in [1.29, 1.82) is 0 Å². The maximum Gasteiger partial charge on any atom is 0.241 e. The van der Waals surface area contributed by atoms with Gasteiger partial charge in [0.2, 0.25) is 10.0 Å². The molecule has 1 aromatic carbocycles. The van der Waals surface area contributed by atoms with Crippen molar-refractivity contribution in [3.05, 3.63) is 28.8 Å². The van der Waals surface area contributed by atoms with E-state index in [1.54, 1.807) is 0 Å². The summed E-state index contributed by atoms with van der Waals surface area (Å²) in [4.78, 5) is 0.419. The van der Waals surface area contributed by atoms with E-state index in [1.807, 2.05) is 32.9 Å². The Kier molecular flexibility index (Phi) is 8.76. The Bertz CT molecular complexity index is 562. The minimum atomic E-state index is -3.43. The van der Waals surface area contributed by atoms with E-state index in [9.17, 15) is 8.42 Å². The molecule has 0 atom stereocenters. The number of rotatable bonds is 11. The molecule has 1 aromatic rings. The van der Waals surface area contributed by atoms with E-state index < -0.39 is 10.0 Å². The third-order valence-electron chi connectivity index (χ3n) is 3.75. The smallest absolute Gasteiger partial charge is 0.241 e. The molecule has 0 aliphatic rings. The first-order chi connectivity index (χ1) is 10.9. The Morgan fingerprint density at radius 2 is 1.43 bits per heavy atom. The number of benzene rings is 1. The van der Waals surface area contributed by atoms with Crippen LogP contribution in [0.15, 0.2) is 17.0 Å². The number of nitrogens with two attached hydrogens (primary N) is 1. The van der Waals surface area contributed by atoms with Crippen molar-refractivity contribution >= 4 is 10.0 Å². The second-order valence-corrected chi connectivity index (χ2v) is 7.78. The summed E-state index contributed by atoms with van der Waals surface area (Å²) >= 11 is 0. The predicted molar refractivity (Wildman–Crippen MR) is 96.2 cm³/mol. The largest absolute Gasteiger partial charge is 0.330 e. The molecule has 0 radical (unpaired) electrons. The van der Waals surface area contributed by atoms with E-state index in [0.717, 1.165) is 62.0 Å². The van der Waals surface area contributed by atoms with Gasteiger partial charge in [-0.15, -0.1) is 0 Å². The van der Waals surface area contributed by atoms with Gasteiger partial charge in [-0.3, -0.25) is 0 Å². The number of nitrogens with one attached hydrogen (secondary N) is 2. The van der Waals surface area contributed by atoms with E-state index in [2.05, 4.69) is 10.0 Å². The van der Waals surface area contributed by atoms with Crippen LogP contribution in [0.3, 0.4) is 0 Å². The van der Waals surface area contributed by atoms with Gasteiger partial charge in [-0.05, 0) is 77.2 Å². The number of sulfonamides is 1. The van der Waals surface area contributed by atoms with Crippen molar-refractivity contribution in [1.82, 2.24) is 10.0 Å². The summed E-state index contributed by atoms with van der Waals surface area (Å²) in [6.07, 6.45) is 3.92. The van der Waals surface area contributed by atoms with Gasteiger partial charge in [-0.25, -0.2) is 13.1 Å². The molecule has 0 unspecified atom stereocenters.